The summed E-state index contributed by atoms with van der Waals surface area (Å²) in [7, 11) is 0. The lowest BCUT2D eigenvalue weighted by atomic mass is 10.0. The number of hydrogen-bond acceptors (Lipinski definition) is 7. The summed E-state index contributed by atoms with van der Waals surface area (Å²) in [6.45, 7) is 10.3. The molecule has 0 atom stereocenters. The first kappa shape index (κ1) is 21.2. The Morgan fingerprint density at radius 3 is 2.62 bits per heavy atom. The molecule has 2 aromatic heterocycles. The summed E-state index contributed by atoms with van der Waals surface area (Å²) >= 11 is 1.82. The van der Waals surface area contributed by atoms with Crippen molar-refractivity contribution in [3.63, 3.8) is 0 Å². The van der Waals surface area contributed by atoms with E-state index >= 15 is 0 Å². The zero-order valence-electron chi connectivity index (χ0n) is 18.7. The van der Waals surface area contributed by atoms with Crippen molar-refractivity contribution in [3.8, 4) is 5.75 Å². The van der Waals surface area contributed by atoms with E-state index in [1.165, 1.54) is 15.8 Å². The number of likely N-dealkylation sites (N-methyl/N-ethyl adjacent to an activating group) is 1. The van der Waals surface area contributed by atoms with Crippen LogP contribution >= 0.6 is 11.3 Å². The number of carbonyl (C=O) groups is 1. The minimum Gasteiger partial charge on any atom is -0.484 e. The van der Waals surface area contributed by atoms with Crippen LogP contribution < -0.4 is 9.64 Å². The van der Waals surface area contributed by atoms with Crippen LogP contribution in [0, 0.1) is 6.92 Å². The van der Waals surface area contributed by atoms with Crippen molar-refractivity contribution < 1.29 is 9.53 Å². The second-order valence-corrected chi connectivity index (χ2v) is 9.45. The molecule has 32 heavy (non-hydrogen) atoms. The average molecular weight is 452 g/mol. The maximum Gasteiger partial charge on any atom is 0.260 e. The fourth-order valence-corrected chi connectivity index (χ4v) is 5.85. The van der Waals surface area contributed by atoms with Crippen molar-refractivity contribution in [2.24, 2.45) is 0 Å². The van der Waals surface area contributed by atoms with E-state index in [1.807, 2.05) is 53.5 Å². The summed E-state index contributed by atoms with van der Waals surface area (Å²) in [4.78, 5) is 31.5. The first-order valence-electron chi connectivity index (χ1n) is 11.3. The second kappa shape index (κ2) is 9.03. The predicted octanol–water partition coefficient (Wildman–Crippen LogP) is 3.11. The van der Waals surface area contributed by atoms with E-state index in [4.69, 9.17) is 14.7 Å². The molecule has 1 saturated heterocycles. The number of thiophene rings is 1. The smallest absolute Gasteiger partial charge is 0.260 e. The summed E-state index contributed by atoms with van der Waals surface area (Å²) in [5.41, 5.74) is 1.43. The highest BCUT2D eigenvalue weighted by molar-refractivity contribution is 7.19. The highest BCUT2D eigenvalue weighted by Gasteiger charge is 2.28. The van der Waals surface area contributed by atoms with Gasteiger partial charge in [0, 0.05) is 44.1 Å². The van der Waals surface area contributed by atoms with E-state index in [1.54, 1.807) is 0 Å². The van der Waals surface area contributed by atoms with E-state index in [9.17, 15) is 4.79 Å². The molecular formula is C24H29N5O2S. The Morgan fingerprint density at radius 2 is 1.88 bits per heavy atom. The minimum absolute atomic E-state index is 0.0325. The molecule has 1 aromatic carbocycles. The SMILES string of the molecule is CCN1CCc2c(sc3nc(C)nc(N4CCN(C(=O)COc5ccccc5)CC4)c23)C1. The van der Waals surface area contributed by atoms with Gasteiger partial charge < -0.3 is 14.5 Å². The number of aromatic nitrogens is 2. The Labute approximate surface area is 192 Å². The molecule has 2 aliphatic rings. The third kappa shape index (κ3) is 4.17. The Morgan fingerprint density at radius 1 is 1.09 bits per heavy atom. The number of piperazine rings is 1. The molecule has 0 unspecified atom stereocenters. The zero-order chi connectivity index (χ0) is 22.1. The number of carbonyl (C=O) groups excluding carboxylic acids is 1. The lowest BCUT2D eigenvalue weighted by Crippen LogP contribution is -2.50. The molecule has 2 aliphatic heterocycles. The van der Waals surface area contributed by atoms with E-state index in [-0.39, 0.29) is 12.5 Å². The highest BCUT2D eigenvalue weighted by Crippen LogP contribution is 2.39. The number of hydrogen-bond donors (Lipinski definition) is 0. The Balaban J connectivity index is 1.30. The van der Waals surface area contributed by atoms with Gasteiger partial charge in [0.1, 0.15) is 22.2 Å². The van der Waals surface area contributed by atoms with Gasteiger partial charge in [-0.3, -0.25) is 9.69 Å². The summed E-state index contributed by atoms with van der Waals surface area (Å²) < 4.78 is 5.65. The van der Waals surface area contributed by atoms with E-state index in [2.05, 4.69) is 16.7 Å². The molecule has 0 radical (unpaired) electrons. The molecule has 0 aliphatic carbocycles. The van der Waals surface area contributed by atoms with Gasteiger partial charge in [-0.1, -0.05) is 25.1 Å². The van der Waals surface area contributed by atoms with Crippen molar-refractivity contribution in [2.45, 2.75) is 26.8 Å². The number of rotatable bonds is 5. The van der Waals surface area contributed by atoms with Crippen molar-refractivity contribution in [1.29, 1.82) is 0 Å². The van der Waals surface area contributed by atoms with Gasteiger partial charge >= 0.3 is 0 Å². The average Bonchev–Trinajstić information content (AvgIpc) is 3.20. The maximum atomic E-state index is 12.6. The molecule has 0 spiro atoms. The molecule has 8 heteroatoms. The van der Waals surface area contributed by atoms with Gasteiger partial charge in [0.2, 0.25) is 0 Å². The summed E-state index contributed by atoms with van der Waals surface area (Å²) in [5.74, 6) is 2.61. The highest BCUT2D eigenvalue weighted by atomic mass is 32.1. The second-order valence-electron chi connectivity index (χ2n) is 8.37. The van der Waals surface area contributed by atoms with Crippen LogP contribution in [0.2, 0.25) is 0 Å². The van der Waals surface area contributed by atoms with Crippen molar-refractivity contribution in [1.82, 2.24) is 19.8 Å². The summed E-state index contributed by atoms with van der Waals surface area (Å²) in [6, 6.07) is 9.49. The number of anilines is 1. The standard InChI is InChI=1S/C24H29N5O2S/c1-3-27-10-9-19-20(15-27)32-24-22(19)23(25-17(2)26-24)29-13-11-28(12-14-29)21(30)16-31-18-7-5-4-6-8-18/h4-8H,3,9-16H2,1-2H3. The molecule has 5 rings (SSSR count). The van der Waals surface area contributed by atoms with E-state index < -0.39 is 0 Å². The lowest BCUT2D eigenvalue weighted by molar-refractivity contribution is -0.133. The monoisotopic (exact) mass is 451 g/mol. The molecule has 1 amide bonds. The quantitative estimate of drug-likeness (QED) is 0.594. The first-order chi connectivity index (χ1) is 15.6. The van der Waals surface area contributed by atoms with Gasteiger partial charge in [0.15, 0.2) is 6.61 Å². The minimum atomic E-state index is 0.0325. The van der Waals surface area contributed by atoms with Crippen LogP contribution in [0.5, 0.6) is 5.75 Å². The summed E-state index contributed by atoms with van der Waals surface area (Å²) in [5, 5.41) is 1.23. The van der Waals surface area contributed by atoms with Crippen molar-refractivity contribution in [3.05, 3.63) is 46.6 Å². The zero-order valence-corrected chi connectivity index (χ0v) is 19.5. The third-order valence-corrected chi connectivity index (χ3v) is 7.47. The lowest BCUT2D eigenvalue weighted by Gasteiger charge is -2.36. The number of ether oxygens (including phenoxy) is 1. The van der Waals surface area contributed by atoms with Crippen LogP contribution in [-0.2, 0) is 17.8 Å². The number of para-hydroxylation sites is 1. The van der Waals surface area contributed by atoms with Gasteiger partial charge in [-0.25, -0.2) is 9.97 Å². The van der Waals surface area contributed by atoms with Gasteiger partial charge in [0.25, 0.3) is 5.91 Å². The topological polar surface area (TPSA) is 61.8 Å². The van der Waals surface area contributed by atoms with Gasteiger partial charge in [0.05, 0.1) is 5.39 Å². The molecule has 3 aromatic rings. The van der Waals surface area contributed by atoms with Crippen LogP contribution in [0.3, 0.4) is 0 Å². The number of aryl methyl sites for hydroxylation is 1. The van der Waals surface area contributed by atoms with Crippen molar-refractivity contribution >= 4 is 33.3 Å². The molecule has 168 valence electrons. The largest absolute Gasteiger partial charge is 0.484 e. The van der Waals surface area contributed by atoms with E-state index in [0.29, 0.717) is 13.1 Å². The van der Waals surface area contributed by atoms with Crippen LogP contribution in [-0.4, -0.2) is 71.6 Å². The molecule has 1 fully saturated rings. The molecular weight excluding hydrogens is 422 g/mol. The fourth-order valence-electron chi connectivity index (χ4n) is 4.55. The van der Waals surface area contributed by atoms with Crippen molar-refractivity contribution in [2.75, 3.05) is 50.8 Å². The first-order valence-corrected chi connectivity index (χ1v) is 12.2. The maximum absolute atomic E-state index is 12.6. The van der Waals surface area contributed by atoms with Crippen LogP contribution in [0.4, 0.5) is 5.82 Å². The molecule has 7 nitrogen and oxygen atoms in total. The van der Waals surface area contributed by atoms with Crippen LogP contribution in [0.25, 0.3) is 10.2 Å². The van der Waals surface area contributed by atoms with E-state index in [0.717, 1.165) is 61.4 Å². The Bertz CT molecular complexity index is 1110. The normalized spacial score (nSPS) is 16.9. The van der Waals surface area contributed by atoms with Gasteiger partial charge in [-0.05, 0) is 37.6 Å². The summed E-state index contributed by atoms with van der Waals surface area (Å²) in [6.07, 6.45) is 1.05. The van der Waals surface area contributed by atoms with Crippen LogP contribution in [0.1, 0.15) is 23.2 Å². The number of fused-ring (bicyclic) bond motifs is 3. The number of nitrogens with zero attached hydrogens (tertiary/aromatic N) is 5. The van der Waals surface area contributed by atoms with Gasteiger partial charge in [-0.2, -0.15) is 0 Å². The number of benzene rings is 1. The predicted molar refractivity (Wildman–Crippen MR) is 128 cm³/mol. The molecule has 0 N–H and O–H groups in total. The number of amides is 1. The molecule has 4 heterocycles. The molecule has 0 saturated carbocycles. The fraction of sp³-hybridized carbons (Fsp3) is 0.458. The third-order valence-electron chi connectivity index (χ3n) is 6.36. The van der Waals surface area contributed by atoms with Gasteiger partial charge in [-0.15, -0.1) is 11.3 Å². The molecule has 0 bridgehead atoms. The Hall–Kier alpha value is -2.71. The van der Waals surface area contributed by atoms with Crippen LogP contribution in [0.15, 0.2) is 30.3 Å². The Kier molecular flexibility index (Phi) is 5.97.